The van der Waals surface area contributed by atoms with Gasteiger partial charge in [0.2, 0.25) is 0 Å². The van der Waals surface area contributed by atoms with Crippen LogP contribution in [0.5, 0.6) is 0 Å². The number of carbonyl (C=O) groups is 1. The molecular weight excluding hydrogens is 218 g/mol. The van der Waals surface area contributed by atoms with Gasteiger partial charge in [-0.1, -0.05) is 6.42 Å². The molecule has 0 amide bonds. The summed E-state index contributed by atoms with van der Waals surface area (Å²) in [4.78, 5) is 14.1. The Hall–Kier alpha value is -0.610. The molecule has 1 heterocycles. The number of aliphatic hydroxyl groups excluding tert-OH is 1. The molecular formula is C13H23NO3. The predicted molar refractivity (Wildman–Crippen MR) is 64.6 cm³/mol. The Bertz CT molecular complexity index is 269. The quantitative estimate of drug-likeness (QED) is 0.757. The van der Waals surface area contributed by atoms with Crippen LogP contribution >= 0.6 is 0 Å². The number of likely N-dealkylation sites (tertiary alicyclic amines) is 1. The molecule has 0 radical (unpaired) electrons. The lowest BCUT2D eigenvalue weighted by Gasteiger charge is -2.39. The molecule has 0 aromatic carbocycles. The van der Waals surface area contributed by atoms with Crippen molar-refractivity contribution in [2.24, 2.45) is 0 Å². The van der Waals surface area contributed by atoms with Gasteiger partial charge >= 0.3 is 5.97 Å². The maximum absolute atomic E-state index is 11.9. The first-order valence-corrected chi connectivity index (χ1v) is 6.84. The van der Waals surface area contributed by atoms with Crippen LogP contribution in [-0.4, -0.2) is 47.3 Å². The van der Waals surface area contributed by atoms with Crippen molar-refractivity contribution >= 4 is 5.97 Å². The van der Waals surface area contributed by atoms with Gasteiger partial charge in [-0.05, 0) is 45.6 Å². The fourth-order valence-electron chi connectivity index (χ4n) is 3.15. The molecule has 3 unspecified atom stereocenters. The maximum atomic E-state index is 11.9. The van der Waals surface area contributed by atoms with Crippen molar-refractivity contribution in [1.29, 1.82) is 0 Å². The van der Waals surface area contributed by atoms with E-state index in [-0.39, 0.29) is 24.2 Å². The minimum Gasteiger partial charge on any atom is -0.465 e. The Morgan fingerprint density at radius 1 is 1.29 bits per heavy atom. The van der Waals surface area contributed by atoms with E-state index in [1.54, 1.807) is 0 Å². The lowest BCUT2D eigenvalue weighted by Crippen LogP contribution is -2.53. The van der Waals surface area contributed by atoms with Gasteiger partial charge in [-0.25, -0.2) is 0 Å². The first kappa shape index (κ1) is 12.8. The summed E-state index contributed by atoms with van der Waals surface area (Å²) in [5, 5.41) is 9.98. The molecule has 3 atom stereocenters. The minimum absolute atomic E-state index is 0.105. The van der Waals surface area contributed by atoms with Crippen LogP contribution in [0.2, 0.25) is 0 Å². The first-order valence-electron chi connectivity index (χ1n) is 6.84. The Morgan fingerprint density at radius 3 is 2.76 bits per heavy atom. The van der Waals surface area contributed by atoms with Crippen molar-refractivity contribution in [1.82, 2.24) is 4.90 Å². The van der Waals surface area contributed by atoms with Gasteiger partial charge < -0.3 is 9.84 Å². The van der Waals surface area contributed by atoms with Crippen molar-refractivity contribution in [2.75, 3.05) is 13.2 Å². The molecule has 2 aliphatic rings. The Kier molecular flexibility index (Phi) is 4.40. The molecule has 2 fully saturated rings. The van der Waals surface area contributed by atoms with E-state index in [9.17, 15) is 9.90 Å². The summed E-state index contributed by atoms with van der Waals surface area (Å²) in [7, 11) is 0. The summed E-state index contributed by atoms with van der Waals surface area (Å²) in [6, 6.07) is 0.0474. The van der Waals surface area contributed by atoms with E-state index in [1.807, 2.05) is 6.92 Å². The number of carbonyl (C=O) groups excluding carboxylic acids is 1. The molecule has 1 saturated carbocycles. The van der Waals surface area contributed by atoms with Crippen LogP contribution in [0.4, 0.5) is 0 Å². The molecule has 0 aromatic rings. The molecule has 2 rings (SSSR count). The highest BCUT2D eigenvalue weighted by Gasteiger charge is 2.39. The van der Waals surface area contributed by atoms with Gasteiger partial charge in [0, 0.05) is 6.04 Å². The fourth-order valence-corrected chi connectivity index (χ4v) is 3.15. The molecule has 0 bridgehead atoms. The number of hydrogen-bond acceptors (Lipinski definition) is 4. The fraction of sp³-hybridized carbons (Fsp3) is 0.923. The van der Waals surface area contributed by atoms with Crippen LogP contribution in [0, 0.1) is 0 Å². The number of esters is 1. The normalized spacial score (nSPS) is 34.8. The second-order valence-electron chi connectivity index (χ2n) is 5.07. The molecule has 1 N–H and O–H groups in total. The van der Waals surface area contributed by atoms with Gasteiger partial charge in [-0.2, -0.15) is 0 Å². The highest BCUT2D eigenvalue weighted by molar-refractivity contribution is 5.76. The second kappa shape index (κ2) is 5.83. The summed E-state index contributed by atoms with van der Waals surface area (Å²) in [5.41, 5.74) is 0. The van der Waals surface area contributed by atoms with Crippen LogP contribution < -0.4 is 0 Å². The third-order valence-electron chi connectivity index (χ3n) is 3.97. The molecule has 1 aliphatic carbocycles. The lowest BCUT2D eigenvalue weighted by atomic mass is 9.98. The van der Waals surface area contributed by atoms with E-state index < -0.39 is 0 Å². The molecule has 98 valence electrons. The van der Waals surface area contributed by atoms with Gasteiger partial charge in [0.25, 0.3) is 0 Å². The molecule has 1 saturated heterocycles. The number of hydrogen-bond donors (Lipinski definition) is 1. The predicted octanol–water partition coefficient (Wildman–Crippen LogP) is 1.32. The summed E-state index contributed by atoms with van der Waals surface area (Å²) in [6.07, 6.45) is 5.78. The van der Waals surface area contributed by atoms with Crippen LogP contribution in [0.1, 0.15) is 45.4 Å². The molecule has 0 spiro atoms. The Balaban J connectivity index is 2.03. The van der Waals surface area contributed by atoms with E-state index in [4.69, 9.17) is 4.74 Å². The number of nitrogens with zero attached hydrogens (tertiary/aromatic N) is 1. The van der Waals surface area contributed by atoms with Crippen molar-refractivity contribution in [3.05, 3.63) is 0 Å². The Morgan fingerprint density at radius 2 is 2.12 bits per heavy atom. The van der Waals surface area contributed by atoms with Gasteiger partial charge in [0.1, 0.15) is 6.04 Å². The van der Waals surface area contributed by atoms with E-state index in [2.05, 4.69) is 4.90 Å². The minimum atomic E-state index is -0.259. The van der Waals surface area contributed by atoms with E-state index in [0.717, 1.165) is 45.1 Å². The molecule has 1 aliphatic heterocycles. The van der Waals surface area contributed by atoms with Gasteiger partial charge in [-0.3, -0.25) is 9.69 Å². The number of rotatable bonds is 3. The highest BCUT2D eigenvalue weighted by Crippen LogP contribution is 2.30. The van der Waals surface area contributed by atoms with Gasteiger partial charge in [0.05, 0.1) is 12.7 Å². The average molecular weight is 241 g/mol. The third kappa shape index (κ3) is 2.80. The van der Waals surface area contributed by atoms with Crippen molar-refractivity contribution in [3.63, 3.8) is 0 Å². The average Bonchev–Trinajstić information content (AvgIpc) is 2.76. The van der Waals surface area contributed by atoms with E-state index >= 15 is 0 Å². The smallest absolute Gasteiger partial charge is 0.323 e. The number of piperidine rings is 1. The van der Waals surface area contributed by atoms with Crippen molar-refractivity contribution in [2.45, 2.75) is 63.6 Å². The zero-order valence-corrected chi connectivity index (χ0v) is 10.6. The van der Waals surface area contributed by atoms with Gasteiger partial charge in [0.15, 0.2) is 0 Å². The van der Waals surface area contributed by atoms with E-state index in [0.29, 0.717) is 6.61 Å². The SMILES string of the molecule is CCOC(=O)C1CCCCN1C1CCCC1O. The van der Waals surface area contributed by atoms with Crippen LogP contribution in [0.25, 0.3) is 0 Å². The standard InChI is InChI=1S/C13H23NO3/c1-2-17-13(16)11-6-3-4-9-14(11)10-7-5-8-12(10)15/h10-12,15H,2-9H2,1H3. The third-order valence-corrected chi connectivity index (χ3v) is 3.97. The molecule has 4 heteroatoms. The largest absolute Gasteiger partial charge is 0.465 e. The second-order valence-corrected chi connectivity index (χ2v) is 5.07. The number of ether oxygens (including phenoxy) is 1. The van der Waals surface area contributed by atoms with Crippen LogP contribution in [-0.2, 0) is 9.53 Å². The topological polar surface area (TPSA) is 49.8 Å². The zero-order valence-electron chi connectivity index (χ0n) is 10.6. The Labute approximate surface area is 103 Å². The maximum Gasteiger partial charge on any atom is 0.323 e. The van der Waals surface area contributed by atoms with Crippen LogP contribution in [0.3, 0.4) is 0 Å². The van der Waals surface area contributed by atoms with Crippen molar-refractivity contribution in [3.8, 4) is 0 Å². The summed E-state index contributed by atoms with van der Waals surface area (Å²) in [5.74, 6) is -0.105. The molecule has 4 nitrogen and oxygen atoms in total. The number of aliphatic hydroxyl groups is 1. The highest BCUT2D eigenvalue weighted by atomic mass is 16.5. The zero-order chi connectivity index (χ0) is 12.3. The van der Waals surface area contributed by atoms with E-state index in [1.165, 1.54) is 0 Å². The molecule has 17 heavy (non-hydrogen) atoms. The summed E-state index contributed by atoms with van der Waals surface area (Å²) < 4.78 is 5.14. The first-order chi connectivity index (χ1) is 8.24. The lowest BCUT2D eigenvalue weighted by molar-refractivity contribution is -0.153. The molecule has 0 aromatic heterocycles. The monoisotopic (exact) mass is 241 g/mol. The van der Waals surface area contributed by atoms with Gasteiger partial charge in [-0.15, -0.1) is 0 Å². The van der Waals surface area contributed by atoms with Crippen molar-refractivity contribution < 1.29 is 14.6 Å². The summed E-state index contributed by atoms with van der Waals surface area (Å²) in [6.45, 7) is 3.21. The summed E-state index contributed by atoms with van der Waals surface area (Å²) >= 11 is 0. The van der Waals surface area contributed by atoms with Crippen LogP contribution in [0.15, 0.2) is 0 Å².